The highest BCUT2D eigenvalue weighted by Gasteiger charge is 2.31. The van der Waals surface area contributed by atoms with Gasteiger partial charge in [-0.3, -0.25) is 4.79 Å². The summed E-state index contributed by atoms with van der Waals surface area (Å²) >= 11 is 0. The molecule has 7 nitrogen and oxygen atoms in total. The van der Waals surface area contributed by atoms with Gasteiger partial charge in [0.05, 0.1) is 36.5 Å². The second kappa shape index (κ2) is 7.85. The normalized spacial score (nSPS) is 23.1. The zero-order chi connectivity index (χ0) is 21.5. The van der Waals surface area contributed by atoms with Crippen molar-refractivity contribution >= 4 is 17.1 Å². The molecular weight excluding hydrogens is 399 g/mol. The predicted molar refractivity (Wildman–Crippen MR) is 114 cm³/mol. The molecule has 1 saturated carbocycles. The molecule has 162 valence electrons. The largest absolute Gasteiger partial charge is 0.496 e. The predicted octanol–water partition coefficient (Wildman–Crippen LogP) is 3.08. The number of halogens is 1. The van der Waals surface area contributed by atoms with E-state index in [2.05, 4.69) is 15.3 Å². The lowest BCUT2D eigenvalue weighted by molar-refractivity contribution is 0.0563. The van der Waals surface area contributed by atoms with E-state index >= 15 is 0 Å². The van der Waals surface area contributed by atoms with Crippen molar-refractivity contribution in [3.63, 3.8) is 0 Å². The van der Waals surface area contributed by atoms with Gasteiger partial charge >= 0.3 is 0 Å². The maximum Gasteiger partial charge on any atom is 0.255 e. The molecule has 3 aromatic rings. The number of carbonyl (C=O) groups excluding carboxylic acids is 1. The molecule has 2 N–H and O–H groups in total. The average molecular weight is 424 g/mol. The highest BCUT2D eigenvalue weighted by Crippen LogP contribution is 2.40. The van der Waals surface area contributed by atoms with Crippen molar-refractivity contribution < 1.29 is 19.0 Å². The number of nitrogens with zero attached hydrogens (tertiary/aromatic N) is 3. The third-order valence-electron chi connectivity index (χ3n) is 6.33. The zero-order valence-corrected chi connectivity index (χ0v) is 17.3. The molecule has 1 saturated heterocycles. The quantitative estimate of drug-likeness (QED) is 0.658. The van der Waals surface area contributed by atoms with Gasteiger partial charge in [-0.1, -0.05) is 0 Å². The second-order valence-corrected chi connectivity index (χ2v) is 8.31. The van der Waals surface area contributed by atoms with Crippen LogP contribution in [0, 0.1) is 5.82 Å². The van der Waals surface area contributed by atoms with Gasteiger partial charge in [0.25, 0.3) is 5.91 Å². The molecule has 0 spiro atoms. The molecule has 0 radical (unpaired) electrons. The average Bonchev–Trinajstić information content (AvgIpc) is 3.39. The number of carbonyl (C=O) groups is 1. The fourth-order valence-corrected chi connectivity index (χ4v) is 4.66. The standard InChI is InChI=1S/C23H25FN4O3/c1-31-22-5-4-14(24)9-18(22)20-3-2-7-27(20)16-6-8-28-21(12-16)19(13-25-28)23(30)26-15-10-17(29)11-15/h4-6,8-9,12-13,15,17,20,29H,2-3,7,10-11H2,1H3,(H,26,30)/t15?,17?,20-/m1/s1. The molecule has 1 aromatic carbocycles. The SMILES string of the molecule is COc1ccc(F)cc1[C@H]1CCCN1c1ccn2ncc(C(=O)NC3CC(O)C3)c2c1. The van der Waals surface area contributed by atoms with E-state index in [9.17, 15) is 14.3 Å². The van der Waals surface area contributed by atoms with Gasteiger partial charge in [0.15, 0.2) is 0 Å². The van der Waals surface area contributed by atoms with E-state index in [1.54, 1.807) is 30.0 Å². The Morgan fingerprint density at radius 1 is 1.29 bits per heavy atom. The molecular formula is C23H25FN4O3. The summed E-state index contributed by atoms with van der Waals surface area (Å²) in [6, 6.07) is 8.54. The summed E-state index contributed by atoms with van der Waals surface area (Å²) in [7, 11) is 1.60. The van der Waals surface area contributed by atoms with Crippen molar-refractivity contribution in [3.8, 4) is 5.75 Å². The molecule has 5 rings (SSSR count). The third kappa shape index (κ3) is 3.61. The Hall–Kier alpha value is -3.13. The van der Waals surface area contributed by atoms with Crippen molar-refractivity contribution in [1.82, 2.24) is 14.9 Å². The van der Waals surface area contributed by atoms with Crippen LogP contribution >= 0.6 is 0 Å². The molecule has 2 aromatic heterocycles. The minimum absolute atomic E-state index is 0.00374. The molecule has 31 heavy (non-hydrogen) atoms. The molecule has 8 heteroatoms. The van der Waals surface area contributed by atoms with Crippen molar-refractivity contribution in [2.75, 3.05) is 18.6 Å². The van der Waals surface area contributed by atoms with E-state index in [-0.39, 0.29) is 29.9 Å². The van der Waals surface area contributed by atoms with E-state index in [0.29, 0.717) is 29.7 Å². The van der Waals surface area contributed by atoms with Crippen LogP contribution in [0.15, 0.2) is 42.7 Å². The number of benzene rings is 1. The molecule has 1 aliphatic heterocycles. The van der Waals surface area contributed by atoms with Crippen LogP contribution in [0.3, 0.4) is 0 Å². The molecule has 0 unspecified atom stereocenters. The number of anilines is 1. The van der Waals surface area contributed by atoms with Gasteiger partial charge in [-0.2, -0.15) is 5.10 Å². The first-order chi connectivity index (χ1) is 15.0. The Kier molecular flexibility index (Phi) is 5.02. The number of aliphatic hydroxyl groups is 1. The minimum Gasteiger partial charge on any atom is -0.496 e. The summed E-state index contributed by atoms with van der Waals surface area (Å²) in [4.78, 5) is 15.0. The number of hydrogen-bond donors (Lipinski definition) is 2. The van der Waals surface area contributed by atoms with Crippen molar-refractivity contribution in [2.24, 2.45) is 0 Å². The number of nitrogens with one attached hydrogen (secondary N) is 1. The van der Waals surface area contributed by atoms with Crippen LogP contribution < -0.4 is 15.0 Å². The number of aromatic nitrogens is 2. The fourth-order valence-electron chi connectivity index (χ4n) is 4.66. The highest BCUT2D eigenvalue weighted by molar-refractivity contribution is 6.01. The van der Waals surface area contributed by atoms with Crippen LogP contribution in [-0.4, -0.2) is 46.4 Å². The number of methoxy groups -OCH3 is 1. The maximum absolute atomic E-state index is 14.0. The van der Waals surface area contributed by atoms with Gasteiger partial charge in [-0.25, -0.2) is 8.91 Å². The molecule has 2 fully saturated rings. The van der Waals surface area contributed by atoms with Gasteiger partial charge in [-0.15, -0.1) is 0 Å². The van der Waals surface area contributed by atoms with E-state index in [4.69, 9.17) is 4.74 Å². The summed E-state index contributed by atoms with van der Waals surface area (Å²) in [6.07, 6.45) is 6.12. The summed E-state index contributed by atoms with van der Waals surface area (Å²) in [6.45, 7) is 0.830. The van der Waals surface area contributed by atoms with Crippen LogP contribution in [0.5, 0.6) is 5.75 Å². The third-order valence-corrected chi connectivity index (χ3v) is 6.33. The summed E-state index contributed by atoms with van der Waals surface area (Å²) in [5.74, 6) is 0.203. The molecule has 3 heterocycles. The molecule has 2 aliphatic rings. The van der Waals surface area contributed by atoms with E-state index in [1.165, 1.54) is 6.07 Å². The second-order valence-electron chi connectivity index (χ2n) is 8.31. The van der Waals surface area contributed by atoms with E-state index < -0.39 is 0 Å². The lowest BCUT2D eigenvalue weighted by atomic mass is 9.89. The number of hydrogen-bond acceptors (Lipinski definition) is 5. The highest BCUT2D eigenvalue weighted by atomic mass is 19.1. The molecule has 1 atom stereocenters. The first-order valence-electron chi connectivity index (χ1n) is 10.6. The van der Waals surface area contributed by atoms with Crippen molar-refractivity contribution in [2.45, 2.75) is 43.9 Å². The smallest absolute Gasteiger partial charge is 0.255 e. The maximum atomic E-state index is 14.0. The first kappa shape index (κ1) is 19.8. The van der Waals surface area contributed by atoms with E-state index in [1.807, 2.05) is 18.3 Å². The molecule has 1 amide bonds. The van der Waals surface area contributed by atoms with Crippen LogP contribution in [-0.2, 0) is 0 Å². The number of fused-ring (bicyclic) bond motifs is 1. The Balaban J connectivity index is 1.46. The van der Waals surface area contributed by atoms with Crippen LogP contribution in [0.2, 0.25) is 0 Å². The number of ether oxygens (including phenoxy) is 1. The Morgan fingerprint density at radius 3 is 2.90 bits per heavy atom. The monoisotopic (exact) mass is 424 g/mol. The van der Waals surface area contributed by atoms with Crippen LogP contribution in [0.25, 0.3) is 5.52 Å². The first-order valence-corrected chi connectivity index (χ1v) is 10.6. The Morgan fingerprint density at radius 2 is 2.13 bits per heavy atom. The Bertz CT molecular complexity index is 1130. The Labute approximate surface area is 179 Å². The number of aliphatic hydroxyl groups excluding tert-OH is 1. The number of amides is 1. The number of rotatable bonds is 5. The van der Waals surface area contributed by atoms with Crippen LogP contribution in [0.4, 0.5) is 10.1 Å². The van der Waals surface area contributed by atoms with E-state index in [0.717, 1.165) is 30.6 Å². The number of pyridine rings is 1. The van der Waals surface area contributed by atoms with Gasteiger partial charge in [0, 0.05) is 30.0 Å². The topological polar surface area (TPSA) is 79.1 Å². The van der Waals surface area contributed by atoms with Gasteiger partial charge in [0.1, 0.15) is 11.6 Å². The van der Waals surface area contributed by atoms with Crippen molar-refractivity contribution in [3.05, 3.63) is 59.7 Å². The molecule has 0 bridgehead atoms. The summed E-state index contributed by atoms with van der Waals surface area (Å²) < 4.78 is 21.2. The lowest BCUT2D eigenvalue weighted by Crippen LogP contribution is -2.46. The van der Waals surface area contributed by atoms with Gasteiger partial charge in [0.2, 0.25) is 0 Å². The zero-order valence-electron chi connectivity index (χ0n) is 17.3. The molecule has 1 aliphatic carbocycles. The summed E-state index contributed by atoms with van der Waals surface area (Å²) in [5, 5.41) is 16.7. The van der Waals surface area contributed by atoms with Crippen molar-refractivity contribution in [1.29, 1.82) is 0 Å². The lowest BCUT2D eigenvalue weighted by Gasteiger charge is -2.31. The van der Waals surface area contributed by atoms with Crippen LogP contribution in [0.1, 0.15) is 47.6 Å². The van der Waals surface area contributed by atoms with Gasteiger partial charge in [-0.05, 0) is 56.0 Å². The fraction of sp³-hybridized carbons (Fsp3) is 0.391. The minimum atomic E-state index is -0.326. The van der Waals surface area contributed by atoms with Gasteiger partial charge < -0.3 is 20.1 Å². The summed E-state index contributed by atoms with van der Waals surface area (Å²) in [5.41, 5.74) is 3.00.